The van der Waals surface area contributed by atoms with E-state index in [1.807, 2.05) is 4.90 Å². The number of hydrogen-bond acceptors (Lipinski definition) is 5. The molecule has 10 heteroatoms. The van der Waals surface area contributed by atoms with Crippen molar-refractivity contribution < 1.29 is 9.59 Å². The van der Waals surface area contributed by atoms with Crippen LogP contribution >= 0.6 is 22.9 Å². The number of hydrogen-bond donors (Lipinski definition) is 0. The van der Waals surface area contributed by atoms with Crippen LogP contribution in [0.15, 0.2) is 33.9 Å². The van der Waals surface area contributed by atoms with Gasteiger partial charge in [-0.3, -0.25) is 19.0 Å². The van der Waals surface area contributed by atoms with Gasteiger partial charge in [0.25, 0.3) is 11.5 Å². The molecule has 0 saturated carbocycles. The molecule has 0 bridgehead atoms. The van der Waals surface area contributed by atoms with E-state index in [1.165, 1.54) is 9.47 Å². The largest absolute Gasteiger partial charge is 0.344 e. The Labute approximate surface area is 212 Å². The van der Waals surface area contributed by atoms with E-state index in [4.69, 9.17) is 11.6 Å². The molecule has 1 unspecified atom stereocenters. The van der Waals surface area contributed by atoms with Crippen LogP contribution in [0.25, 0.3) is 15.9 Å². The van der Waals surface area contributed by atoms with Crippen molar-refractivity contribution in [3.05, 3.63) is 60.6 Å². The van der Waals surface area contributed by atoms with Crippen LogP contribution in [0.5, 0.6) is 0 Å². The lowest BCUT2D eigenvalue weighted by atomic mass is 10.00. The van der Waals surface area contributed by atoms with E-state index in [-0.39, 0.29) is 29.8 Å². The molecule has 35 heavy (non-hydrogen) atoms. The van der Waals surface area contributed by atoms with E-state index in [2.05, 4.69) is 6.92 Å². The number of fused-ring (bicyclic) bond motifs is 1. The predicted molar refractivity (Wildman–Crippen MR) is 139 cm³/mol. The van der Waals surface area contributed by atoms with Crippen molar-refractivity contribution in [3.63, 3.8) is 0 Å². The van der Waals surface area contributed by atoms with Gasteiger partial charge in [0.1, 0.15) is 11.4 Å². The number of thiophene rings is 1. The summed E-state index contributed by atoms with van der Waals surface area (Å²) in [5.41, 5.74) is -0.287. The second kappa shape index (κ2) is 9.99. The molecule has 2 aromatic heterocycles. The Kier molecular flexibility index (Phi) is 7.19. The first kappa shape index (κ1) is 25.2. The molecule has 8 nitrogen and oxygen atoms in total. The Balaban J connectivity index is 1.95. The maximum absolute atomic E-state index is 13.7. The minimum atomic E-state index is -0.617. The number of aryl methyl sites for hydroxylation is 1. The summed E-state index contributed by atoms with van der Waals surface area (Å²) in [6.07, 6.45) is 3.79. The van der Waals surface area contributed by atoms with Crippen LogP contribution in [-0.4, -0.2) is 57.4 Å². The first-order valence-electron chi connectivity index (χ1n) is 11.7. The zero-order valence-corrected chi connectivity index (χ0v) is 21.9. The summed E-state index contributed by atoms with van der Waals surface area (Å²) in [5.74, 6) is -0.415. The van der Waals surface area contributed by atoms with E-state index < -0.39 is 11.2 Å². The summed E-state index contributed by atoms with van der Waals surface area (Å²) in [5, 5.41) is 0.743. The molecular weight excluding hydrogens is 488 g/mol. The summed E-state index contributed by atoms with van der Waals surface area (Å²) >= 11 is 7.10. The molecule has 1 aromatic carbocycles. The topological polar surface area (TPSA) is 84.6 Å². The second-order valence-electron chi connectivity index (χ2n) is 9.07. The molecule has 1 aliphatic heterocycles. The molecule has 1 fully saturated rings. The normalized spacial score (nSPS) is 16.0. The van der Waals surface area contributed by atoms with Crippen LogP contribution in [0.1, 0.15) is 47.8 Å². The van der Waals surface area contributed by atoms with E-state index in [1.54, 1.807) is 45.3 Å². The van der Waals surface area contributed by atoms with Gasteiger partial charge in [0, 0.05) is 31.7 Å². The zero-order chi connectivity index (χ0) is 25.4. The highest BCUT2D eigenvalue weighted by molar-refractivity contribution is 7.20. The van der Waals surface area contributed by atoms with Gasteiger partial charge < -0.3 is 9.80 Å². The van der Waals surface area contributed by atoms with Gasteiger partial charge in [0.15, 0.2) is 0 Å². The molecule has 3 heterocycles. The second-order valence-corrected chi connectivity index (χ2v) is 10.5. The van der Waals surface area contributed by atoms with Crippen LogP contribution < -0.4 is 11.2 Å². The van der Waals surface area contributed by atoms with E-state index in [0.717, 1.165) is 41.6 Å². The fraction of sp³-hybridized carbons (Fsp3) is 0.440. The number of piperidine rings is 1. The number of carbonyl (C=O) groups excluding carboxylic acids is 2. The first-order chi connectivity index (χ1) is 16.6. The summed E-state index contributed by atoms with van der Waals surface area (Å²) in [6, 6.07) is 6.52. The van der Waals surface area contributed by atoms with Crippen LogP contribution in [0, 0.1) is 6.92 Å². The highest BCUT2D eigenvalue weighted by atomic mass is 35.5. The van der Waals surface area contributed by atoms with Crippen molar-refractivity contribution in [1.82, 2.24) is 18.9 Å². The fourth-order valence-electron chi connectivity index (χ4n) is 4.69. The standard InChI is InChI=1S/C25H29ClN4O4S/c1-5-17-8-6-7-13-28(17)19(31)14-29-24-20(15(2)21(35-24)23(33)27(3)4)22(32)30(25(29)34)18-11-9-16(26)10-12-18/h9-12,17H,5-8,13-14H2,1-4H3. The average molecular weight is 517 g/mol. The van der Waals surface area contributed by atoms with Crippen LogP contribution in [0.4, 0.5) is 0 Å². The van der Waals surface area contributed by atoms with Crippen LogP contribution in [0.3, 0.4) is 0 Å². The number of carbonyl (C=O) groups is 2. The van der Waals surface area contributed by atoms with Gasteiger partial charge in [-0.2, -0.15) is 0 Å². The third-order valence-corrected chi connectivity index (χ3v) is 8.16. The van der Waals surface area contributed by atoms with Crippen molar-refractivity contribution in [2.75, 3.05) is 20.6 Å². The Morgan fingerprint density at radius 3 is 2.46 bits per heavy atom. The number of benzene rings is 1. The molecule has 1 aliphatic rings. The molecule has 186 valence electrons. The molecule has 2 amide bonds. The highest BCUT2D eigenvalue weighted by Gasteiger charge is 2.29. The first-order valence-corrected chi connectivity index (χ1v) is 12.9. The number of amides is 2. The van der Waals surface area contributed by atoms with Crippen molar-refractivity contribution in [1.29, 1.82) is 0 Å². The smallest absolute Gasteiger partial charge is 0.337 e. The maximum atomic E-state index is 13.7. The lowest BCUT2D eigenvalue weighted by Crippen LogP contribution is -2.47. The zero-order valence-electron chi connectivity index (χ0n) is 20.3. The highest BCUT2D eigenvalue weighted by Crippen LogP contribution is 2.29. The summed E-state index contributed by atoms with van der Waals surface area (Å²) in [4.78, 5) is 57.6. The van der Waals surface area contributed by atoms with Crippen molar-refractivity contribution in [2.45, 2.75) is 52.1 Å². The van der Waals surface area contributed by atoms with Gasteiger partial charge in [0.2, 0.25) is 5.91 Å². The summed E-state index contributed by atoms with van der Waals surface area (Å²) in [6.45, 7) is 4.22. The Morgan fingerprint density at radius 1 is 1.14 bits per heavy atom. The van der Waals surface area contributed by atoms with E-state index in [9.17, 15) is 19.2 Å². The quantitative estimate of drug-likeness (QED) is 0.518. The minimum absolute atomic E-state index is 0.139. The Bertz CT molecular complexity index is 1400. The van der Waals surface area contributed by atoms with E-state index >= 15 is 0 Å². The summed E-state index contributed by atoms with van der Waals surface area (Å²) in [7, 11) is 3.27. The monoisotopic (exact) mass is 516 g/mol. The van der Waals surface area contributed by atoms with Gasteiger partial charge >= 0.3 is 5.69 Å². The molecule has 3 aromatic rings. The Morgan fingerprint density at radius 2 is 1.83 bits per heavy atom. The molecular formula is C25H29ClN4O4S. The number of rotatable bonds is 5. The van der Waals surface area contributed by atoms with Gasteiger partial charge in [-0.1, -0.05) is 18.5 Å². The lowest BCUT2D eigenvalue weighted by molar-refractivity contribution is -0.135. The van der Waals surface area contributed by atoms with Gasteiger partial charge in [0.05, 0.1) is 16.0 Å². The molecule has 0 spiro atoms. The number of halogens is 1. The number of aromatic nitrogens is 2. The minimum Gasteiger partial charge on any atom is -0.344 e. The predicted octanol–water partition coefficient (Wildman–Crippen LogP) is 3.67. The third kappa shape index (κ3) is 4.54. The molecule has 1 atom stereocenters. The lowest BCUT2D eigenvalue weighted by Gasteiger charge is -2.35. The van der Waals surface area contributed by atoms with Crippen molar-refractivity contribution in [3.8, 4) is 5.69 Å². The molecule has 0 aliphatic carbocycles. The van der Waals surface area contributed by atoms with E-state index in [0.29, 0.717) is 32.5 Å². The molecule has 0 N–H and O–H groups in total. The number of nitrogens with zero attached hydrogens (tertiary/aromatic N) is 4. The van der Waals surface area contributed by atoms with Gasteiger partial charge in [-0.05, 0) is 62.4 Å². The maximum Gasteiger partial charge on any atom is 0.337 e. The fourth-order valence-corrected chi connectivity index (χ4v) is 6.13. The van der Waals surface area contributed by atoms with Crippen molar-refractivity contribution >= 4 is 45.0 Å². The Hall–Kier alpha value is -2.91. The van der Waals surface area contributed by atoms with Crippen LogP contribution in [0.2, 0.25) is 5.02 Å². The summed E-state index contributed by atoms with van der Waals surface area (Å²) < 4.78 is 2.40. The van der Waals surface area contributed by atoms with Crippen molar-refractivity contribution in [2.24, 2.45) is 0 Å². The van der Waals surface area contributed by atoms with Gasteiger partial charge in [-0.15, -0.1) is 11.3 Å². The molecule has 0 radical (unpaired) electrons. The average Bonchev–Trinajstić information content (AvgIpc) is 3.19. The molecule has 1 saturated heterocycles. The SMILES string of the molecule is CCC1CCCCN1C(=O)Cn1c(=O)n(-c2ccc(Cl)cc2)c(=O)c2c(C)c(C(=O)N(C)C)sc21. The van der Waals surface area contributed by atoms with Crippen LogP contribution in [-0.2, 0) is 11.3 Å². The van der Waals surface area contributed by atoms with Gasteiger partial charge in [-0.25, -0.2) is 9.36 Å². The third-order valence-electron chi connectivity index (χ3n) is 6.61. The number of likely N-dealkylation sites (tertiary alicyclic amines) is 1. The molecule has 4 rings (SSSR count).